The summed E-state index contributed by atoms with van der Waals surface area (Å²) in [7, 11) is 3.21. The van der Waals surface area contributed by atoms with Crippen molar-refractivity contribution < 1.29 is 23.5 Å². The number of ether oxygens (including phenoxy) is 2. The molecule has 5 nitrogen and oxygen atoms in total. The molecular weight excluding hydrogens is 393 g/mol. The highest BCUT2D eigenvalue weighted by molar-refractivity contribution is 7.17. The molecule has 2 aromatic carbocycles. The molecule has 0 aliphatic rings. The molecule has 1 aromatic heterocycles. The van der Waals surface area contributed by atoms with E-state index < -0.39 is 5.97 Å². The number of hydrogen-bond donors (Lipinski definition) is 0. The van der Waals surface area contributed by atoms with E-state index in [9.17, 15) is 14.0 Å². The van der Waals surface area contributed by atoms with Crippen LogP contribution in [0.25, 0.3) is 10.4 Å². The molecule has 150 valence electrons. The first-order valence-corrected chi connectivity index (χ1v) is 9.68. The molecule has 0 spiro atoms. The number of nitrogens with zero attached hydrogens (tertiary/aromatic N) is 1. The fourth-order valence-corrected chi connectivity index (χ4v) is 3.61. The lowest BCUT2D eigenvalue weighted by atomic mass is 10.2. The number of carbonyl (C=O) groups is 2. The lowest BCUT2D eigenvalue weighted by Crippen LogP contribution is -2.30. The largest absolute Gasteiger partial charge is 0.496 e. The standard InChI is InChI=1S/C22H20FNO4S/c1-24(13-16-5-3-4-6-18(16)27-2)21(25)14-28-22(26)20-12-11-19(29-20)15-7-9-17(23)10-8-15/h3-12H,13-14H2,1-2H3. The van der Waals surface area contributed by atoms with Gasteiger partial charge >= 0.3 is 5.97 Å². The number of esters is 1. The second-order valence-corrected chi connectivity index (χ2v) is 7.39. The molecule has 0 aliphatic carbocycles. The predicted molar refractivity (Wildman–Crippen MR) is 109 cm³/mol. The molecule has 0 saturated heterocycles. The molecule has 3 rings (SSSR count). The van der Waals surface area contributed by atoms with Gasteiger partial charge in [-0.05, 0) is 35.9 Å². The van der Waals surface area contributed by atoms with Crippen molar-refractivity contribution in [3.8, 4) is 16.2 Å². The highest BCUT2D eigenvalue weighted by Crippen LogP contribution is 2.28. The summed E-state index contributed by atoms with van der Waals surface area (Å²) in [6.07, 6.45) is 0. The number of likely N-dealkylation sites (N-methyl/N-ethyl adjacent to an activating group) is 1. The maximum atomic E-state index is 13.0. The smallest absolute Gasteiger partial charge is 0.348 e. The maximum Gasteiger partial charge on any atom is 0.348 e. The van der Waals surface area contributed by atoms with E-state index in [1.54, 1.807) is 38.4 Å². The van der Waals surface area contributed by atoms with Gasteiger partial charge < -0.3 is 14.4 Å². The number of amides is 1. The lowest BCUT2D eigenvalue weighted by molar-refractivity contribution is -0.133. The van der Waals surface area contributed by atoms with Crippen LogP contribution in [0.15, 0.2) is 60.7 Å². The van der Waals surface area contributed by atoms with Crippen LogP contribution < -0.4 is 4.74 Å². The maximum absolute atomic E-state index is 13.0. The average Bonchev–Trinajstić information content (AvgIpc) is 3.23. The van der Waals surface area contributed by atoms with Crippen LogP contribution >= 0.6 is 11.3 Å². The molecule has 0 saturated carbocycles. The number of benzene rings is 2. The fraction of sp³-hybridized carbons (Fsp3) is 0.182. The van der Waals surface area contributed by atoms with Crippen LogP contribution in [0.4, 0.5) is 4.39 Å². The van der Waals surface area contributed by atoms with Crippen LogP contribution in [-0.4, -0.2) is 37.5 Å². The van der Waals surface area contributed by atoms with E-state index in [-0.39, 0.29) is 18.3 Å². The zero-order valence-electron chi connectivity index (χ0n) is 16.1. The van der Waals surface area contributed by atoms with Crippen molar-refractivity contribution in [2.75, 3.05) is 20.8 Å². The summed E-state index contributed by atoms with van der Waals surface area (Å²) in [5, 5.41) is 0. The van der Waals surface area contributed by atoms with Gasteiger partial charge in [-0.2, -0.15) is 0 Å². The van der Waals surface area contributed by atoms with E-state index in [4.69, 9.17) is 9.47 Å². The second-order valence-electron chi connectivity index (χ2n) is 6.31. The first kappa shape index (κ1) is 20.5. The summed E-state index contributed by atoms with van der Waals surface area (Å²) in [5.74, 6) is -0.515. The molecule has 0 aliphatic heterocycles. The SMILES string of the molecule is COc1ccccc1CN(C)C(=O)COC(=O)c1ccc(-c2ccc(F)cc2)s1. The highest BCUT2D eigenvalue weighted by Gasteiger charge is 2.17. The molecule has 1 heterocycles. The van der Waals surface area contributed by atoms with Gasteiger partial charge in [0.15, 0.2) is 6.61 Å². The Kier molecular flexibility index (Phi) is 6.61. The highest BCUT2D eigenvalue weighted by atomic mass is 32.1. The summed E-state index contributed by atoms with van der Waals surface area (Å²) < 4.78 is 23.5. The molecule has 0 unspecified atom stereocenters. The van der Waals surface area contributed by atoms with Gasteiger partial charge in [-0.1, -0.05) is 30.3 Å². The molecule has 3 aromatic rings. The van der Waals surface area contributed by atoms with E-state index in [0.717, 1.165) is 16.0 Å². The van der Waals surface area contributed by atoms with Gasteiger partial charge in [-0.25, -0.2) is 9.18 Å². The summed E-state index contributed by atoms with van der Waals surface area (Å²) in [4.78, 5) is 27.3. The first-order valence-electron chi connectivity index (χ1n) is 8.86. The quantitative estimate of drug-likeness (QED) is 0.540. The third-order valence-corrected chi connectivity index (χ3v) is 5.40. The van der Waals surface area contributed by atoms with Crippen LogP contribution in [0.1, 0.15) is 15.2 Å². The zero-order chi connectivity index (χ0) is 20.8. The topological polar surface area (TPSA) is 55.8 Å². The minimum atomic E-state index is -0.567. The van der Waals surface area contributed by atoms with Crippen LogP contribution in [-0.2, 0) is 16.1 Å². The second kappa shape index (κ2) is 9.34. The molecule has 0 N–H and O–H groups in total. The van der Waals surface area contributed by atoms with Gasteiger partial charge in [0.2, 0.25) is 0 Å². The molecule has 7 heteroatoms. The van der Waals surface area contributed by atoms with E-state index in [1.165, 1.54) is 28.4 Å². The summed E-state index contributed by atoms with van der Waals surface area (Å²) in [6, 6.07) is 16.8. The summed E-state index contributed by atoms with van der Waals surface area (Å²) in [6.45, 7) is -0.0115. The average molecular weight is 413 g/mol. The van der Waals surface area contributed by atoms with Crippen LogP contribution in [0.5, 0.6) is 5.75 Å². The van der Waals surface area contributed by atoms with Gasteiger partial charge in [0, 0.05) is 24.0 Å². The lowest BCUT2D eigenvalue weighted by Gasteiger charge is -2.18. The predicted octanol–water partition coefficient (Wildman–Crippen LogP) is 4.38. The minimum Gasteiger partial charge on any atom is -0.496 e. The van der Waals surface area contributed by atoms with Crippen molar-refractivity contribution in [2.24, 2.45) is 0 Å². The van der Waals surface area contributed by atoms with Crippen molar-refractivity contribution in [1.29, 1.82) is 0 Å². The first-order chi connectivity index (χ1) is 14.0. The van der Waals surface area contributed by atoms with E-state index in [2.05, 4.69) is 0 Å². The van der Waals surface area contributed by atoms with Crippen molar-refractivity contribution >= 4 is 23.2 Å². The zero-order valence-corrected chi connectivity index (χ0v) is 16.9. The molecule has 29 heavy (non-hydrogen) atoms. The summed E-state index contributed by atoms with van der Waals surface area (Å²) in [5.41, 5.74) is 1.67. The Balaban J connectivity index is 1.56. The Labute approximate surface area is 172 Å². The molecule has 1 amide bonds. The van der Waals surface area contributed by atoms with Crippen molar-refractivity contribution in [3.05, 3.63) is 76.9 Å². The Morgan fingerprint density at radius 2 is 1.76 bits per heavy atom. The number of para-hydroxylation sites is 1. The Hall–Kier alpha value is -3.19. The van der Waals surface area contributed by atoms with Gasteiger partial charge in [0.05, 0.1) is 7.11 Å². The number of methoxy groups -OCH3 is 1. The molecule has 0 atom stereocenters. The van der Waals surface area contributed by atoms with Crippen LogP contribution in [0, 0.1) is 5.82 Å². The summed E-state index contributed by atoms with van der Waals surface area (Å²) >= 11 is 1.23. The van der Waals surface area contributed by atoms with Gasteiger partial charge in [0.1, 0.15) is 16.4 Å². The molecule has 0 radical (unpaired) electrons. The number of halogens is 1. The molecular formula is C22H20FNO4S. The van der Waals surface area contributed by atoms with Crippen LogP contribution in [0.3, 0.4) is 0 Å². The Morgan fingerprint density at radius 1 is 1.03 bits per heavy atom. The van der Waals surface area contributed by atoms with Gasteiger partial charge in [-0.3, -0.25) is 4.79 Å². The van der Waals surface area contributed by atoms with Gasteiger partial charge in [-0.15, -0.1) is 11.3 Å². The van der Waals surface area contributed by atoms with E-state index in [1.807, 2.05) is 24.3 Å². The third kappa shape index (κ3) is 5.20. The Bertz CT molecular complexity index is 1000. The van der Waals surface area contributed by atoms with Crippen molar-refractivity contribution in [1.82, 2.24) is 4.90 Å². The van der Waals surface area contributed by atoms with Crippen molar-refractivity contribution in [3.63, 3.8) is 0 Å². The Morgan fingerprint density at radius 3 is 2.48 bits per heavy atom. The van der Waals surface area contributed by atoms with E-state index >= 15 is 0 Å². The number of thiophene rings is 1. The van der Waals surface area contributed by atoms with E-state index in [0.29, 0.717) is 17.2 Å². The molecule has 0 bridgehead atoms. The number of hydrogen-bond acceptors (Lipinski definition) is 5. The fourth-order valence-electron chi connectivity index (χ4n) is 2.70. The van der Waals surface area contributed by atoms with Crippen LogP contribution in [0.2, 0.25) is 0 Å². The number of carbonyl (C=O) groups excluding carboxylic acids is 2. The normalized spacial score (nSPS) is 10.4. The third-order valence-electron chi connectivity index (χ3n) is 4.29. The molecule has 0 fully saturated rings. The number of rotatable bonds is 7. The monoisotopic (exact) mass is 413 g/mol. The minimum absolute atomic E-state index is 0.319. The van der Waals surface area contributed by atoms with Gasteiger partial charge in [0.25, 0.3) is 5.91 Å². The van der Waals surface area contributed by atoms with Crippen molar-refractivity contribution in [2.45, 2.75) is 6.54 Å².